The number of carbonyl (C=O) groups is 2. The zero-order chi connectivity index (χ0) is 11.8. The van der Waals surface area contributed by atoms with Crippen molar-refractivity contribution in [1.82, 2.24) is 0 Å². The molecule has 0 aromatic heterocycles. The van der Waals surface area contributed by atoms with Gasteiger partial charge >= 0.3 is 11.9 Å². The van der Waals surface area contributed by atoms with Gasteiger partial charge in [0.1, 0.15) is 0 Å². The third kappa shape index (κ3) is 1.52. The molecule has 0 atom stereocenters. The Kier molecular flexibility index (Phi) is 2.05. The number of fused-ring (bicyclic) bond motifs is 1. The molecule has 1 aliphatic rings. The van der Waals surface area contributed by atoms with Crippen LogP contribution in [0.3, 0.4) is 0 Å². The minimum Gasteiger partial charge on any atom is -0.386 e. The van der Waals surface area contributed by atoms with Crippen molar-refractivity contribution >= 4 is 11.9 Å². The van der Waals surface area contributed by atoms with Gasteiger partial charge in [-0.2, -0.15) is 0 Å². The maximum absolute atomic E-state index is 11.4. The van der Waals surface area contributed by atoms with Crippen molar-refractivity contribution in [3.63, 3.8) is 0 Å². The maximum atomic E-state index is 11.4. The summed E-state index contributed by atoms with van der Waals surface area (Å²) in [5.41, 5.74) is 2.52. The lowest BCUT2D eigenvalue weighted by atomic mass is 10.0. The molecule has 0 fully saturated rings. The quantitative estimate of drug-likeness (QED) is 0.551. The smallest absolute Gasteiger partial charge is 0.346 e. The summed E-state index contributed by atoms with van der Waals surface area (Å²) >= 11 is 0. The topological polar surface area (TPSA) is 43.4 Å². The molecule has 0 N–H and O–H groups in total. The normalized spacial score (nSPS) is 13.4. The Morgan fingerprint density at radius 1 is 0.824 bits per heavy atom. The molecule has 1 heterocycles. The van der Waals surface area contributed by atoms with Crippen LogP contribution < -0.4 is 0 Å². The van der Waals surface area contributed by atoms with Crippen molar-refractivity contribution in [1.29, 1.82) is 0 Å². The van der Waals surface area contributed by atoms with Gasteiger partial charge in [0.15, 0.2) is 0 Å². The lowest BCUT2D eigenvalue weighted by molar-refractivity contribution is 0.0444. The largest absolute Gasteiger partial charge is 0.386 e. The minimum absolute atomic E-state index is 0.334. The highest BCUT2D eigenvalue weighted by Gasteiger charge is 2.29. The molecular formula is C14H7O3. The second-order valence-electron chi connectivity index (χ2n) is 3.73. The number of rotatable bonds is 1. The van der Waals surface area contributed by atoms with Gasteiger partial charge in [0, 0.05) is 0 Å². The van der Waals surface area contributed by atoms with Gasteiger partial charge < -0.3 is 4.74 Å². The second-order valence-corrected chi connectivity index (χ2v) is 3.73. The van der Waals surface area contributed by atoms with E-state index < -0.39 is 11.9 Å². The van der Waals surface area contributed by atoms with E-state index in [1.807, 2.05) is 12.1 Å². The summed E-state index contributed by atoms with van der Waals surface area (Å²) in [6.45, 7) is 0. The van der Waals surface area contributed by atoms with Gasteiger partial charge in [-0.15, -0.1) is 0 Å². The third-order valence-corrected chi connectivity index (χ3v) is 2.70. The van der Waals surface area contributed by atoms with E-state index in [0.29, 0.717) is 11.1 Å². The van der Waals surface area contributed by atoms with Gasteiger partial charge in [-0.05, 0) is 29.3 Å². The van der Waals surface area contributed by atoms with Crippen LogP contribution in [0.1, 0.15) is 20.7 Å². The van der Waals surface area contributed by atoms with Crippen LogP contribution in [0.4, 0.5) is 0 Å². The first kappa shape index (κ1) is 9.78. The molecule has 0 saturated carbocycles. The van der Waals surface area contributed by atoms with E-state index in [1.54, 1.807) is 30.3 Å². The maximum Gasteiger partial charge on any atom is 0.346 e. The predicted octanol–water partition coefficient (Wildman–Crippen LogP) is 2.46. The average molecular weight is 223 g/mol. The zero-order valence-electron chi connectivity index (χ0n) is 8.77. The highest BCUT2D eigenvalue weighted by molar-refractivity contribution is 6.15. The van der Waals surface area contributed by atoms with Gasteiger partial charge in [-0.3, -0.25) is 0 Å². The molecular weight excluding hydrogens is 216 g/mol. The summed E-state index contributed by atoms with van der Waals surface area (Å²) < 4.78 is 4.54. The lowest BCUT2D eigenvalue weighted by Crippen LogP contribution is -1.96. The Balaban J connectivity index is 2.15. The molecule has 81 valence electrons. The molecule has 3 rings (SSSR count). The summed E-state index contributed by atoms with van der Waals surface area (Å²) in [6.07, 6.45) is 0. The van der Waals surface area contributed by atoms with E-state index in [1.165, 1.54) is 0 Å². The molecule has 0 unspecified atom stereocenters. The molecule has 3 nitrogen and oxygen atoms in total. The van der Waals surface area contributed by atoms with Gasteiger partial charge in [0.2, 0.25) is 0 Å². The molecule has 0 spiro atoms. The molecule has 3 heteroatoms. The number of esters is 2. The van der Waals surface area contributed by atoms with Crippen LogP contribution in [0.25, 0.3) is 11.1 Å². The number of cyclic esters (lactones) is 2. The van der Waals surface area contributed by atoms with Crippen molar-refractivity contribution < 1.29 is 14.3 Å². The van der Waals surface area contributed by atoms with Gasteiger partial charge in [0.05, 0.1) is 11.1 Å². The lowest BCUT2D eigenvalue weighted by Gasteiger charge is -2.01. The SMILES string of the molecule is O=C1OC(=O)c2cc(-c3cc[c]cc3)ccc21. The van der Waals surface area contributed by atoms with E-state index in [2.05, 4.69) is 10.8 Å². The van der Waals surface area contributed by atoms with Crippen molar-refractivity contribution in [2.45, 2.75) is 0 Å². The molecule has 1 radical (unpaired) electrons. The Morgan fingerprint density at radius 3 is 2.29 bits per heavy atom. The molecule has 2 aromatic rings. The van der Waals surface area contributed by atoms with E-state index in [0.717, 1.165) is 11.1 Å². The summed E-state index contributed by atoms with van der Waals surface area (Å²) in [7, 11) is 0. The fraction of sp³-hybridized carbons (Fsp3) is 0. The number of hydrogen-bond donors (Lipinski definition) is 0. The number of ether oxygens (including phenoxy) is 1. The van der Waals surface area contributed by atoms with Crippen molar-refractivity contribution in [3.05, 3.63) is 59.7 Å². The molecule has 1 aliphatic heterocycles. The van der Waals surface area contributed by atoms with E-state index in [9.17, 15) is 9.59 Å². The molecule has 2 aromatic carbocycles. The van der Waals surface area contributed by atoms with Crippen molar-refractivity contribution in [2.24, 2.45) is 0 Å². The Hall–Kier alpha value is -2.42. The van der Waals surface area contributed by atoms with E-state index in [4.69, 9.17) is 0 Å². The van der Waals surface area contributed by atoms with Gasteiger partial charge in [-0.25, -0.2) is 9.59 Å². The van der Waals surface area contributed by atoms with Crippen LogP contribution in [0, 0.1) is 6.07 Å². The van der Waals surface area contributed by atoms with Crippen LogP contribution in [-0.4, -0.2) is 11.9 Å². The van der Waals surface area contributed by atoms with Crippen LogP contribution in [0.5, 0.6) is 0 Å². The fourth-order valence-corrected chi connectivity index (χ4v) is 1.84. The second kappa shape index (κ2) is 3.56. The Morgan fingerprint density at radius 2 is 1.53 bits per heavy atom. The van der Waals surface area contributed by atoms with Crippen LogP contribution in [0.15, 0.2) is 42.5 Å². The summed E-state index contributed by atoms with van der Waals surface area (Å²) in [5, 5.41) is 0. The molecule has 0 bridgehead atoms. The first-order valence-corrected chi connectivity index (χ1v) is 5.13. The first-order valence-electron chi connectivity index (χ1n) is 5.13. The molecule has 17 heavy (non-hydrogen) atoms. The molecule has 0 amide bonds. The summed E-state index contributed by atoms with van der Waals surface area (Å²) in [5.74, 6) is -1.15. The van der Waals surface area contributed by atoms with Gasteiger partial charge in [-0.1, -0.05) is 30.3 Å². The van der Waals surface area contributed by atoms with Crippen LogP contribution >= 0.6 is 0 Å². The minimum atomic E-state index is -0.575. The van der Waals surface area contributed by atoms with Crippen LogP contribution in [0.2, 0.25) is 0 Å². The van der Waals surface area contributed by atoms with Crippen molar-refractivity contribution in [2.75, 3.05) is 0 Å². The van der Waals surface area contributed by atoms with Crippen LogP contribution in [-0.2, 0) is 4.74 Å². The molecule has 0 aliphatic carbocycles. The highest BCUT2D eigenvalue weighted by Crippen LogP contribution is 2.26. The Bertz CT molecular complexity index is 615. The standard InChI is InChI=1S/C14H7O3/c15-13-11-7-6-10(8-12(11)14(16)17-13)9-4-2-1-3-5-9/h2-8H. The van der Waals surface area contributed by atoms with E-state index >= 15 is 0 Å². The Labute approximate surface area is 97.6 Å². The predicted molar refractivity (Wildman–Crippen MR) is 60.5 cm³/mol. The highest BCUT2D eigenvalue weighted by atomic mass is 16.6. The average Bonchev–Trinajstić information content (AvgIpc) is 2.66. The number of hydrogen-bond acceptors (Lipinski definition) is 3. The summed E-state index contributed by atoms with van der Waals surface area (Å²) in [4.78, 5) is 22.7. The summed E-state index contributed by atoms with van der Waals surface area (Å²) in [6, 6.07) is 15.4. The van der Waals surface area contributed by atoms with E-state index in [-0.39, 0.29) is 0 Å². The van der Waals surface area contributed by atoms with Crippen molar-refractivity contribution in [3.8, 4) is 11.1 Å². The number of carbonyl (C=O) groups excluding carboxylic acids is 2. The third-order valence-electron chi connectivity index (χ3n) is 2.70. The monoisotopic (exact) mass is 223 g/mol. The molecule has 0 saturated heterocycles. The fourth-order valence-electron chi connectivity index (χ4n) is 1.84. The number of benzene rings is 2. The first-order chi connectivity index (χ1) is 8.25. The zero-order valence-corrected chi connectivity index (χ0v) is 8.77. The van der Waals surface area contributed by atoms with Gasteiger partial charge in [0.25, 0.3) is 0 Å².